The van der Waals surface area contributed by atoms with Crippen LogP contribution in [0.25, 0.3) is 11.4 Å². The second-order valence-corrected chi connectivity index (χ2v) is 8.36. The van der Waals surface area contributed by atoms with E-state index in [1.54, 1.807) is 7.11 Å². The van der Waals surface area contributed by atoms with Crippen LogP contribution in [-0.2, 0) is 11.2 Å². The number of amides is 1. The Labute approximate surface area is 173 Å². The number of carbonyl (C=O) groups excluding carboxylic acids is 1. The highest BCUT2D eigenvalue weighted by atomic mass is 32.2. The van der Waals surface area contributed by atoms with Crippen molar-refractivity contribution in [3.63, 3.8) is 0 Å². The average molecular weight is 410 g/mol. The van der Waals surface area contributed by atoms with Crippen LogP contribution in [0.5, 0.6) is 5.75 Å². The first-order chi connectivity index (χ1) is 14.0. The Hall–Kier alpha value is -3.00. The van der Waals surface area contributed by atoms with Crippen molar-refractivity contribution in [2.75, 3.05) is 17.9 Å². The number of para-hydroxylation sites is 1. The third-order valence-electron chi connectivity index (χ3n) is 5.09. The first-order valence-electron chi connectivity index (χ1n) is 9.42. The third-order valence-corrected chi connectivity index (χ3v) is 6.13. The summed E-state index contributed by atoms with van der Waals surface area (Å²) in [7, 11) is 1.62. The van der Waals surface area contributed by atoms with Gasteiger partial charge in [-0.15, -0.1) is 10.2 Å². The van der Waals surface area contributed by atoms with Gasteiger partial charge < -0.3 is 15.5 Å². The Kier molecular flexibility index (Phi) is 5.19. The van der Waals surface area contributed by atoms with E-state index in [-0.39, 0.29) is 17.2 Å². The van der Waals surface area contributed by atoms with Crippen LogP contribution in [0.3, 0.4) is 0 Å². The Morgan fingerprint density at radius 3 is 2.66 bits per heavy atom. The molecule has 0 saturated carbocycles. The molecule has 0 saturated heterocycles. The van der Waals surface area contributed by atoms with Crippen LogP contribution in [0, 0.1) is 0 Å². The standard InChI is InChI=1S/C21H23N5O2S/c1-13-12-16-6-4-5-7-18(16)25(13)20(27)14(2)29-21-24-23-19(26(21)22)15-8-10-17(28-3)11-9-15/h4-11,13-14H,12,22H2,1-3H3/t13-,14+/m1/s1. The van der Waals surface area contributed by atoms with Gasteiger partial charge in [-0.2, -0.15) is 0 Å². The zero-order chi connectivity index (χ0) is 20.5. The molecule has 0 bridgehead atoms. The highest BCUT2D eigenvalue weighted by Crippen LogP contribution is 2.34. The first-order valence-corrected chi connectivity index (χ1v) is 10.3. The van der Waals surface area contributed by atoms with Crippen molar-refractivity contribution in [1.82, 2.24) is 14.9 Å². The molecule has 2 atom stereocenters. The summed E-state index contributed by atoms with van der Waals surface area (Å²) in [5.41, 5.74) is 3.02. The molecule has 0 radical (unpaired) electrons. The maximum absolute atomic E-state index is 13.2. The molecule has 2 heterocycles. The van der Waals surface area contributed by atoms with E-state index in [1.165, 1.54) is 22.0 Å². The summed E-state index contributed by atoms with van der Waals surface area (Å²) in [5.74, 6) is 7.56. The quantitative estimate of drug-likeness (QED) is 0.515. The smallest absolute Gasteiger partial charge is 0.240 e. The van der Waals surface area contributed by atoms with E-state index in [2.05, 4.69) is 23.2 Å². The predicted octanol–water partition coefficient (Wildman–Crippen LogP) is 3.13. The molecule has 3 aromatic rings. The molecule has 1 amide bonds. The maximum Gasteiger partial charge on any atom is 0.240 e. The number of methoxy groups -OCH3 is 1. The summed E-state index contributed by atoms with van der Waals surface area (Å²) in [6, 6.07) is 15.6. The molecule has 2 N–H and O–H groups in total. The average Bonchev–Trinajstić information content (AvgIpc) is 3.26. The molecule has 0 spiro atoms. The number of ether oxygens (including phenoxy) is 1. The van der Waals surface area contributed by atoms with Gasteiger partial charge in [-0.1, -0.05) is 30.0 Å². The van der Waals surface area contributed by atoms with E-state index >= 15 is 0 Å². The molecular formula is C21H23N5O2S. The fraction of sp³-hybridized carbons (Fsp3) is 0.286. The van der Waals surface area contributed by atoms with Gasteiger partial charge in [0, 0.05) is 17.3 Å². The van der Waals surface area contributed by atoms with E-state index < -0.39 is 0 Å². The monoisotopic (exact) mass is 409 g/mol. The van der Waals surface area contributed by atoms with Crippen molar-refractivity contribution in [3.8, 4) is 17.1 Å². The minimum Gasteiger partial charge on any atom is -0.497 e. The van der Waals surface area contributed by atoms with Crippen molar-refractivity contribution < 1.29 is 9.53 Å². The number of fused-ring (bicyclic) bond motifs is 1. The molecule has 0 fully saturated rings. The van der Waals surface area contributed by atoms with E-state index in [9.17, 15) is 4.79 Å². The zero-order valence-corrected chi connectivity index (χ0v) is 17.4. The van der Waals surface area contributed by atoms with Crippen LogP contribution in [0.15, 0.2) is 53.7 Å². The molecule has 1 aliphatic heterocycles. The van der Waals surface area contributed by atoms with Crippen LogP contribution in [-0.4, -0.2) is 39.2 Å². The van der Waals surface area contributed by atoms with Crippen LogP contribution in [0.4, 0.5) is 5.69 Å². The van der Waals surface area contributed by atoms with Crippen molar-refractivity contribution in [2.45, 2.75) is 36.7 Å². The number of carbonyl (C=O) groups is 1. The topological polar surface area (TPSA) is 86.3 Å². The van der Waals surface area contributed by atoms with Gasteiger partial charge in [0.2, 0.25) is 11.1 Å². The molecule has 2 aromatic carbocycles. The summed E-state index contributed by atoms with van der Waals surface area (Å²) in [6.07, 6.45) is 0.869. The second-order valence-electron chi connectivity index (χ2n) is 7.05. The van der Waals surface area contributed by atoms with Gasteiger partial charge in [0.15, 0.2) is 5.82 Å². The normalized spacial score (nSPS) is 16.5. The fourth-order valence-electron chi connectivity index (χ4n) is 3.60. The van der Waals surface area contributed by atoms with Crippen LogP contribution >= 0.6 is 11.8 Å². The molecule has 8 heteroatoms. The van der Waals surface area contributed by atoms with Gasteiger partial charge in [0.05, 0.1) is 12.4 Å². The van der Waals surface area contributed by atoms with Gasteiger partial charge in [0.25, 0.3) is 0 Å². The minimum atomic E-state index is -0.348. The lowest BCUT2D eigenvalue weighted by atomic mass is 10.1. The molecule has 4 rings (SSSR count). The molecule has 1 aromatic heterocycles. The number of hydrogen-bond acceptors (Lipinski definition) is 6. The van der Waals surface area contributed by atoms with E-state index in [4.69, 9.17) is 10.6 Å². The summed E-state index contributed by atoms with van der Waals surface area (Å²) in [4.78, 5) is 15.1. The summed E-state index contributed by atoms with van der Waals surface area (Å²) in [5, 5.41) is 8.55. The van der Waals surface area contributed by atoms with Gasteiger partial charge in [-0.3, -0.25) is 4.79 Å². The molecule has 7 nitrogen and oxygen atoms in total. The van der Waals surface area contributed by atoms with Gasteiger partial charge >= 0.3 is 0 Å². The molecule has 29 heavy (non-hydrogen) atoms. The maximum atomic E-state index is 13.2. The Bertz CT molecular complexity index is 1030. The summed E-state index contributed by atoms with van der Waals surface area (Å²) in [6.45, 7) is 3.95. The van der Waals surface area contributed by atoms with Gasteiger partial charge in [-0.05, 0) is 56.2 Å². The number of aromatic nitrogens is 3. The minimum absolute atomic E-state index is 0.0430. The van der Waals surface area contributed by atoms with Gasteiger partial charge in [0.1, 0.15) is 5.75 Å². The van der Waals surface area contributed by atoms with E-state index in [0.29, 0.717) is 11.0 Å². The number of nitrogens with zero attached hydrogens (tertiary/aromatic N) is 4. The van der Waals surface area contributed by atoms with Crippen LogP contribution in [0.2, 0.25) is 0 Å². The molecule has 0 aliphatic carbocycles. The molecule has 0 unspecified atom stereocenters. The predicted molar refractivity (Wildman–Crippen MR) is 115 cm³/mol. The summed E-state index contributed by atoms with van der Waals surface area (Å²) < 4.78 is 6.61. The van der Waals surface area contributed by atoms with Crippen LogP contribution < -0.4 is 15.5 Å². The lowest BCUT2D eigenvalue weighted by Gasteiger charge is -2.25. The van der Waals surface area contributed by atoms with Crippen molar-refractivity contribution >= 4 is 23.4 Å². The van der Waals surface area contributed by atoms with Crippen molar-refractivity contribution in [1.29, 1.82) is 0 Å². The SMILES string of the molecule is COc1ccc(-c2nnc(S[C@@H](C)C(=O)N3c4ccccc4C[C@H]3C)n2N)cc1. The Morgan fingerprint density at radius 1 is 1.21 bits per heavy atom. The lowest BCUT2D eigenvalue weighted by molar-refractivity contribution is -0.118. The number of anilines is 1. The van der Waals surface area contributed by atoms with Gasteiger partial charge in [-0.25, -0.2) is 4.68 Å². The van der Waals surface area contributed by atoms with Crippen molar-refractivity contribution in [2.24, 2.45) is 0 Å². The Morgan fingerprint density at radius 2 is 1.93 bits per heavy atom. The van der Waals surface area contributed by atoms with E-state index in [0.717, 1.165) is 23.4 Å². The Balaban J connectivity index is 1.52. The third kappa shape index (κ3) is 3.55. The largest absolute Gasteiger partial charge is 0.497 e. The molecule has 150 valence electrons. The van der Waals surface area contributed by atoms with E-state index in [1.807, 2.05) is 54.3 Å². The fourth-order valence-corrected chi connectivity index (χ4v) is 4.42. The number of rotatable bonds is 5. The summed E-state index contributed by atoms with van der Waals surface area (Å²) >= 11 is 1.31. The van der Waals surface area contributed by atoms with Crippen LogP contribution in [0.1, 0.15) is 19.4 Å². The molecule has 1 aliphatic rings. The highest BCUT2D eigenvalue weighted by molar-refractivity contribution is 8.00. The highest BCUT2D eigenvalue weighted by Gasteiger charge is 2.34. The number of benzene rings is 2. The first kappa shape index (κ1) is 19.3. The second kappa shape index (κ2) is 7.79. The molecular weight excluding hydrogens is 386 g/mol. The number of hydrogen-bond donors (Lipinski definition) is 1. The van der Waals surface area contributed by atoms with Crippen molar-refractivity contribution in [3.05, 3.63) is 54.1 Å². The zero-order valence-electron chi connectivity index (χ0n) is 16.6. The number of nitrogens with two attached hydrogens (primary N) is 1. The number of nitrogen functional groups attached to an aromatic ring is 1. The lowest BCUT2D eigenvalue weighted by Crippen LogP contribution is -2.40. The number of thioether (sulfide) groups is 1.